The molecule has 0 unspecified atom stereocenters. The van der Waals surface area contributed by atoms with Gasteiger partial charge in [-0.25, -0.2) is 4.79 Å². The lowest BCUT2D eigenvalue weighted by Gasteiger charge is -2.18. The monoisotopic (exact) mass is 342 g/mol. The van der Waals surface area contributed by atoms with E-state index in [1.165, 1.54) is 0 Å². The van der Waals surface area contributed by atoms with E-state index in [0.29, 0.717) is 26.2 Å². The maximum Gasteiger partial charge on any atom is 0.317 e. The van der Waals surface area contributed by atoms with E-state index < -0.39 is 0 Å². The number of hydrogen-bond donors (Lipinski definition) is 3. The van der Waals surface area contributed by atoms with Crippen molar-refractivity contribution in [2.75, 3.05) is 26.7 Å². The van der Waals surface area contributed by atoms with Crippen LogP contribution in [-0.4, -0.2) is 43.5 Å². The third kappa shape index (κ3) is 9.76. The van der Waals surface area contributed by atoms with Gasteiger partial charge in [0.2, 0.25) is 5.91 Å². The molecule has 4 N–H and O–H groups in total. The number of hydrogen-bond acceptors (Lipinski definition) is 3. The number of rotatable bonds is 9. The molecule has 6 nitrogen and oxygen atoms in total. The Morgan fingerprint density at radius 1 is 1.09 bits per heavy atom. The number of nitrogens with zero attached hydrogens (tertiary/aromatic N) is 1. The van der Waals surface area contributed by atoms with Crippen molar-refractivity contribution in [2.24, 2.45) is 5.73 Å². The quantitative estimate of drug-likeness (QED) is 0.594. The lowest BCUT2D eigenvalue weighted by Crippen LogP contribution is -2.38. The lowest BCUT2D eigenvalue weighted by molar-refractivity contribution is -0.120. The largest absolute Gasteiger partial charge is 0.356 e. The predicted molar refractivity (Wildman–Crippen MR) is 94.5 cm³/mol. The van der Waals surface area contributed by atoms with Gasteiger partial charge < -0.3 is 21.3 Å². The minimum absolute atomic E-state index is 0. The Hall–Kier alpha value is -1.79. The number of halogens is 1. The molecule has 0 fully saturated rings. The van der Waals surface area contributed by atoms with Crippen LogP contribution in [0.25, 0.3) is 0 Å². The Labute approximate surface area is 144 Å². The van der Waals surface area contributed by atoms with Crippen LogP contribution in [0, 0.1) is 0 Å². The second-order valence-corrected chi connectivity index (χ2v) is 5.17. The molecule has 0 saturated carbocycles. The highest BCUT2D eigenvalue weighted by molar-refractivity contribution is 5.85. The van der Waals surface area contributed by atoms with Gasteiger partial charge in [0, 0.05) is 33.1 Å². The van der Waals surface area contributed by atoms with E-state index in [1.807, 2.05) is 30.3 Å². The number of unbranched alkanes of at least 4 members (excludes halogenated alkanes) is 1. The van der Waals surface area contributed by atoms with E-state index >= 15 is 0 Å². The van der Waals surface area contributed by atoms with E-state index in [0.717, 1.165) is 18.4 Å². The van der Waals surface area contributed by atoms with Gasteiger partial charge in [0.05, 0.1) is 0 Å². The number of carbonyl (C=O) groups is 2. The first-order valence-corrected chi connectivity index (χ1v) is 7.63. The first-order valence-electron chi connectivity index (χ1n) is 7.63. The molecule has 0 aliphatic carbocycles. The van der Waals surface area contributed by atoms with Crippen molar-refractivity contribution in [2.45, 2.75) is 25.8 Å². The summed E-state index contributed by atoms with van der Waals surface area (Å²) >= 11 is 0. The Morgan fingerprint density at radius 2 is 1.78 bits per heavy atom. The summed E-state index contributed by atoms with van der Waals surface area (Å²) < 4.78 is 0. The summed E-state index contributed by atoms with van der Waals surface area (Å²) in [6.07, 6.45) is 2.07. The Morgan fingerprint density at radius 3 is 2.43 bits per heavy atom. The summed E-state index contributed by atoms with van der Waals surface area (Å²) in [5.41, 5.74) is 6.44. The summed E-state index contributed by atoms with van der Waals surface area (Å²) in [6, 6.07) is 9.58. The van der Waals surface area contributed by atoms with Crippen molar-refractivity contribution in [1.29, 1.82) is 0 Å². The normalized spacial score (nSPS) is 9.65. The lowest BCUT2D eigenvalue weighted by atomic mass is 10.2. The zero-order valence-electron chi connectivity index (χ0n) is 13.6. The van der Waals surface area contributed by atoms with Gasteiger partial charge in [0.25, 0.3) is 0 Å². The molecule has 0 heterocycles. The summed E-state index contributed by atoms with van der Waals surface area (Å²) in [6.45, 7) is 2.15. The smallest absolute Gasteiger partial charge is 0.317 e. The van der Waals surface area contributed by atoms with Crippen molar-refractivity contribution in [3.63, 3.8) is 0 Å². The number of benzene rings is 1. The molecule has 7 heteroatoms. The molecule has 1 aromatic rings. The first kappa shape index (κ1) is 21.2. The Kier molecular flexibility index (Phi) is 11.7. The standard InChI is InChI=1S/C16H26N4O2.ClH/c1-20(13-14-7-3-2-4-8-14)16(22)19-12-9-15(21)18-11-6-5-10-17;/h2-4,7-8H,5-6,9-13,17H2,1H3,(H,18,21)(H,19,22);1H. The molecule has 23 heavy (non-hydrogen) atoms. The molecular weight excluding hydrogens is 316 g/mol. The minimum atomic E-state index is -0.181. The number of amides is 3. The fourth-order valence-electron chi connectivity index (χ4n) is 1.93. The van der Waals surface area contributed by atoms with Crippen molar-refractivity contribution in [1.82, 2.24) is 15.5 Å². The average molecular weight is 343 g/mol. The van der Waals surface area contributed by atoms with Crippen LogP contribution in [0.3, 0.4) is 0 Å². The molecule has 0 bridgehead atoms. The predicted octanol–water partition coefficient (Wildman–Crippen LogP) is 1.49. The molecular formula is C16H27ClN4O2. The van der Waals surface area contributed by atoms with Gasteiger partial charge in [0.15, 0.2) is 0 Å². The third-order valence-electron chi connectivity index (χ3n) is 3.19. The Bertz CT molecular complexity index is 457. The van der Waals surface area contributed by atoms with Crippen LogP contribution >= 0.6 is 12.4 Å². The summed E-state index contributed by atoms with van der Waals surface area (Å²) in [5.74, 6) is -0.0527. The topological polar surface area (TPSA) is 87.5 Å². The highest BCUT2D eigenvalue weighted by Gasteiger charge is 2.09. The van der Waals surface area contributed by atoms with Crippen molar-refractivity contribution in [3.8, 4) is 0 Å². The molecule has 130 valence electrons. The van der Waals surface area contributed by atoms with Crippen LogP contribution in [0.2, 0.25) is 0 Å². The zero-order valence-corrected chi connectivity index (χ0v) is 14.4. The SMILES string of the molecule is CN(Cc1ccccc1)C(=O)NCCC(=O)NCCCCN.Cl. The molecule has 0 aliphatic heterocycles. The third-order valence-corrected chi connectivity index (χ3v) is 3.19. The minimum Gasteiger partial charge on any atom is -0.356 e. The summed E-state index contributed by atoms with van der Waals surface area (Å²) in [7, 11) is 1.73. The first-order chi connectivity index (χ1) is 10.6. The molecule has 1 aromatic carbocycles. The van der Waals surface area contributed by atoms with E-state index in [9.17, 15) is 9.59 Å². The van der Waals surface area contributed by atoms with E-state index in [2.05, 4.69) is 10.6 Å². The number of carbonyl (C=O) groups excluding carboxylic acids is 2. The fraction of sp³-hybridized carbons (Fsp3) is 0.500. The Balaban J connectivity index is 0.00000484. The van der Waals surface area contributed by atoms with Gasteiger partial charge in [-0.1, -0.05) is 30.3 Å². The van der Waals surface area contributed by atoms with Crippen LogP contribution in [0.15, 0.2) is 30.3 Å². The van der Waals surface area contributed by atoms with Crippen LogP contribution in [0.4, 0.5) is 4.79 Å². The van der Waals surface area contributed by atoms with Gasteiger partial charge in [-0.15, -0.1) is 12.4 Å². The van der Waals surface area contributed by atoms with Crippen LogP contribution in [0.5, 0.6) is 0 Å². The molecule has 0 radical (unpaired) electrons. The van der Waals surface area contributed by atoms with Crippen LogP contribution in [0.1, 0.15) is 24.8 Å². The van der Waals surface area contributed by atoms with Gasteiger partial charge in [0.1, 0.15) is 0 Å². The molecule has 1 rings (SSSR count). The summed E-state index contributed by atoms with van der Waals surface area (Å²) in [4.78, 5) is 25.0. The van der Waals surface area contributed by atoms with Crippen LogP contribution < -0.4 is 16.4 Å². The highest BCUT2D eigenvalue weighted by Crippen LogP contribution is 2.02. The second-order valence-electron chi connectivity index (χ2n) is 5.17. The van der Waals surface area contributed by atoms with Crippen molar-refractivity contribution >= 4 is 24.3 Å². The highest BCUT2D eigenvalue weighted by atomic mass is 35.5. The maximum absolute atomic E-state index is 11.9. The average Bonchev–Trinajstić information content (AvgIpc) is 2.52. The molecule has 0 saturated heterocycles. The fourth-order valence-corrected chi connectivity index (χ4v) is 1.93. The molecule has 0 atom stereocenters. The van der Waals surface area contributed by atoms with Gasteiger partial charge in [-0.2, -0.15) is 0 Å². The number of nitrogens with two attached hydrogens (primary N) is 1. The second kappa shape index (κ2) is 12.7. The van der Waals surface area contributed by atoms with Gasteiger partial charge in [-0.05, 0) is 24.9 Å². The number of nitrogens with one attached hydrogen (secondary N) is 2. The van der Waals surface area contributed by atoms with E-state index in [1.54, 1.807) is 11.9 Å². The maximum atomic E-state index is 11.9. The van der Waals surface area contributed by atoms with Gasteiger partial charge in [-0.3, -0.25) is 4.79 Å². The number of urea groups is 1. The van der Waals surface area contributed by atoms with Crippen molar-refractivity contribution in [3.05, 3.63) is 35.9 Å². The summed E-state index contributed by atoms with van der Waals surface area (Å²) in [5, 5.41) is 5.54. The van der Waals surface area contributed by atoms with E-state index in [4.69, 9.17) is 5.73 Å². The molecule has 0 aliphatic rings. The van der Waals surface area contributed by atoms with E-state index in [-0.39, 0.29) is 30.8 Å². The van der Waals surface area contributed by atoms with Crippen LogP contribution in [-0.2, 0) is 11.3 Å². The molecule has 3 amide bonds. The van der Waals surface area contributed by atoms with Gasteiger partial charge >= 0.3 is 6.03 Å². The molecule has 0 spiro atoms. The molecule has 0 aromatic heterocycles. The van der Waals surface area contributed by atoms with Crippen molar-refractivity contribution < 1.29 is 9.59 Å². The zero-order chi connectivity index (χ0) is 16.2.